The minimum Gasteiger partial charge on any atom is -0.369 e. The molecule has 1 unspecified atom stereocenters. The molecular weight excluding hydrogens is 355 g/mol. The third kappa shape index (κ3) is 3.39. The Morgan fingerprint density at radius 2 is 2.00 bits per heavy atom. The standard InChI is InChI=1S/C21H27N4OP/c1-15-6-9-25(21(26)24-10-7-16(12-22)13-24)14-19(15)23(2)18-4-3-5-20-17(18)8-11-27-20/h3-5,8,11,15-16,19,27H,6-7,9-10,13-14H2,1-2H3/t15-,16-,19+/m1/s1. The number of nitrogens with zero attached hydrogens (tertiary/aromatic N) is 4. The van der Waals surface area contributed by atoms with E-state index in [1.54, 1.807) is 0 Å². The number of carbonyl (C=O) groups excluding carboxylic acids is 1. The van der Waals surface area contributed by atoms with E-state index in [1.807, 2.05) is 9.80 Å². The highest BCUT2D eigenvalue weighted by Crippen LogP contribution is 2.35. The molecule has 0 bridgehead atoms. The third-order valence-corrected chi connectivity index (χ3v) is 7.36. The Balaban J connectivity index is 1.51. The van der Waals surface area contributed by atoms with Gasteiger partial charge in [-0.25, -0.2) is 4.79 Å². The highest BCUT2D eigenvalue weighted by Gasteiger charge is 2.35. The lowest BCUT2D eigenvalue weighted by Gasteiger charge is -2.43. The van der Waals surface area contributed by atoms with Gasteiger partial charge in [0, 0.05) is 55.5 Å². The number of carbonyl (C=O) groups is 1. The second-order valence-corrected chi connectivity index (χ2v) is 9.11. The van der Waals surface area contributed by atoms with E-state index in [0.717, 1.165) is 34.1 Å². The maximum Gasteiger partial charge on any atom is 0.320 e. The van der Waals surface area contributed by atoms with Crippen LogP contribution in [-0.4, -0.2) is 55.1 Å². The van der Waals surface area contributed by atoms with Crippen molar-refractivity contribution in [3.05, 3.63) is 30.1 Å². The first-order valence-electron chi connectivity index (χ1n) is 9.81. The van der Waals surface area contributed by atoms with Crippen LogP contribution in [0.25, 0.3) is 10.5 Å². The Morgan fingerprint density at radius 3 is 2.78 bits per heavy atom. The van der Waals surface area contributed by atoms with Gasteiger partial charge in [0.05, 0.1) is 12.0 Å². The second-order valence-electron chi connectivity index (χ2n) is 7.95. The molecule has 4 atom stereocenters. The molecule has 2 aromatic rings. The summed E-state index contributed by atoms with van der Waals surface area (Å²) in [6.45, 7) is 5.15. The molecule has 1 aromatic heterocycles. The van der Waals surface area contributed by atoms with Crippen molar-refractivity contribution in [1.29, 1.82) is 5.26 Å². The average molecular weight is 382 g/mol. The number of nitriles is 1. The number of rotatable bonds is 2. The number of hydrogen-bond acceptors (Lipinski definition) is 3. The highest BCUT2D eigenvalue weighted by atomic mass is 31.0. The summed E-state index contributed by atoms with van der Waals surface area (Å²) in [5, 5.41) is 11.9. The lowest BCUT2D eigenvalue weighted by Crippen LogP contribution is -2.55. The summed E-state index contributed by atoms with van der Waals surface area (Å²) >= 11 is 0. The Labute approximate surface area is 162 Å². The third-order valence-electron chi connectivity index (χ3n) is 6.28. The van der Waals surface area contributed by atoms with Gasteiger partial charge in [-0.15, -0.1) is 8.19 Å². The smallest absolute Gasteiger partial charge is 0.320 e. The zero-order valence-corrected chi connectivity index (χ0v) is 17.1. The van der Waals surface area contributed by atoms with E-state index in [1.165, 1.54) is 16.2 Å². The number of likely N-dealkylation sites (tertiary alicyclic amines) is 2. The van der Waals surface area contributed by atoms with Crippen molar-refractivity contribution in [2.75, 3.05) is 38.1 Å². The van der Waals surface area contributed by atoms with Crippen molar-refractivity contribution in [3.63, 3.8) is 0 Å². The molecule has 3 heterocycles. The summed E-state index contributed by atoms with van der Waals surface area (Å²) in [6, 6.07) is 11.5. The number of urea groups is 1. The molecule has 27 heavy (non-hydrogen) atoms. The molecule has 1 aromatic carbocycles. The molecule has 0 N–H and O–H groups in total. The molecule has 2 fully saturated rings. The van der Waals surface area contributed by atoms with E-state index < -0.39 is 0 Å². The topological polar surface area (TPSA) is 50.6 Å². The van der Waals surface area contributed by atoms with Crippen molar-refractivity contribution in [3.8, 4) is 6.07 Å². The van der Waals surface area contributed by atoms with Crippen LogP contribution in [0.15, 0.2) is 30.1 Å². The zero-order chi connectivity index (χ0) is 19.0. The van der Waals surface area contributed by atoms with Crippen molar-refractivity contribution in [1.82, 2.24) is 9.80 Å². The summed E-state index contributed by atoms with van der Waals surface area (Å²) in [5.74, 6) is 2.78. The zero-order valence-electron chi connectivity index (χ0n) is 16.1. The highest BCUT2D eigenvalue weighted by molar-refractivity contribution is 7.36. The van der Waals surface area contributed by atoms with E-state index in [-0.39, 0.29) is 11.9 Å². The fourth-order valence-electron chi connectivity index (χ4n) is 4.52. The minimum absolute atomic E-state index is 0.00402. The van der Waals surface area contributed by atoms with E-state index in [9.17, 15) is 4.79 Å². The van der Waals surface area contributed by atoms with Crippen LogP contribution in [0.4, 0.5) is 10.5 Å². The minimum atomic E-state index is -0.00402. The fourth-order valence-corrected chi connectivity index (χ4v) is 5.51. The molecule has 5 nitrogen and oxygen atoms in total. The van der Waals surface area contributed by atoms with Crippen LogP contribution in [-0.2, 0) is 0 Å². The first kappa shape index (κ1) is 18.2. The van der Waals surface area contributed by atoms with Crippen molar-refractivity contribution < 1.29 is 4.79 Å². The van der Waals surface area contributed by atoms with Crippen LogP contribution >= 0.6 is 8.19 Å². The molecule has 0 saturated carbocycles. The number of anilines is 1. The predicted octanol–water partition coefficient (Wildman–Crippen LogP) is 3.98. The van der Waals surface area contributed by atoms with Crippen LogP contribution in [0, 0.1) is 23.2 Å². The Kier molecular flexibility index (Phi) is 5.02. The first-order valence-corrected chi connectivity index (χ1v) is 10.9. The predicted molar refractivity (Wildman–Crippen MR) is 112 cm³/mol. The lowest BCUT2D eigenvalue weighted by molar-refractivity contribution is 0.132. The van der Waals surface area contributed by atoms with Crippen LogP contribution < -0.4 is 4.90 Å². The van der Waals surface area contributed by atoms with Gasteiger partial charge in [-0.3, -0.25) is 0 Å². The molecule has 2 saturated heterocycles. The molecule has 0 aliphatic carbocycles. The summed E-state index contributed by atoms with van der Waals surface area (Å²) < 4.78 is 0. The van der Waals surface area contributed by atoms with Gasteiger partial charge < -0.3 is 14.7 Å². The molecule has 2 aliphatic heterocycles. The summed E-state index contributed by atoms with van der Waals surface area (Å²) in [7, 11) is 2.93. The van der Waals surface area contributed by atoms with Crippen molar-refractivity contribution in [2.24, 2.45) is 11.8 Å². The van der Waals surface area contributed by atoms with Crippen molar-refractivity contribution >= 4 is 30.4 Å². The number of likely N-dealkylation sites (N-methyl/N-ethyl adjacent to an activating group) is 1. The normalized spacial score (nSPS) is 25.9. The quantitative estimate of drug-likeness (QED) is 0.789. The van der Waals surface area contributed by atoms with Gasteiger partial charge in [0.15, 0.2) is 0 Å². The SMILES string of the molecule is C[C@@H]1CCN(C(=O)N2CC[C@H](C#N)C2)C[C@@H]1N(C)c1cccc2[pH]ccc12. The molecular formula is C21H27N4OP. The van der Waals surface area contributed by atoms with Gasteiger partial charge >= 0.3 is 6.03 Å². The lowest BCUT2D eigenvalue weighted by atomic mass is 9.92. The number of piperidine rings is 1. The summed E-state index contributed by atoms with van der Waals surface area (Å²) in [4.78, 5) is 19.2. The monoisotopic (exact) mass is 382 g/mol. The summed E-state index contributed by atoms with van der Waals surface area (Å²) in [6.07, 6.45) is 1.82. The second kappa shape index (κ2) is 7.44. The van der Waals surface area contributed by atoms with Gasteiger partial charge in [0.25, 0.3) is 0 Å². The Hall–Kier alpha value is -2.18. The van der Waals surface area contributed by atoms with Crippen LogP contribution in [0.1, 0.15) is 19.8 Å². The van der Waals surface area contributed by atoms with Gasteiger partial charge in [-0.05, 0) is 36.7 Å². The summed E-state index contributed by atoms with van der Waals surface area (Å²) in [5.41, 5.74) is 1.27. The van der Waals surface area contributed by atoms with Gasteiger partial charge in [0.2, 0.25) is 0 Å². The molecule has 4 rings (SSSR count). The average Bonchev–Trinajstić information content (AvgIpc) is 3.36. The van der Waals surface area contributed by atoms with Gasteiger partial charge in [0.1, 0.15) is 0 Å². The van der Waals surface area contributed by atoms with Gasteiger partial charge in [-0.2, -0.15) is 5.26 Å². The Morgan fingerprint density at radius 1 is 1.22 bits per heavy atom. The molecule has 0 spiro atoms. The fraction of sp³-hybridized carbons (Fsp3) is 0.524. The largest absolute Gasteiger partial charge is 0.369 e. The number of amides is 2. The number of fused-ring (bicyclic) bond motifs is 1. The maximum absolute atomic E-state index is 13.0. The van der Waals surface area contributed by atoms with Crippen LogP contribution in [0.2, 0.25) is 0 Å². The molecule has 2 amide bonds. The molecule has 0 radical (unpaired) electrons. The van der Waals surface area contributed by atoms with Crippen LogP contribution in [0.3, 0.4) is 0 Å². The van der Waals surface area contributed by atoms with E-state index in [4.69, 9.17) is 5.26 Å². The molecule has 142 valence electrons. The molecule has 2 aliphatic rings. The maximum atomic E-state index is 13.0. The van der Waals surface area contributed by atoms with Crippen LogP contribution in [0.5, 0.6) is 0 Å². The van der Waals surface area contributed by atoms with Gasteiger partial charge in [-0.1, -0.05) is 19.1 Å². The van der Waals surface area contributed by atoms with E-state index in [0.29, 0.717) is 25.0 Å². The van der Waals surface area contributed by atoms with E-state index in [2.05, 4.69) is 55.0 Å². The Bertz CT molecular complexity index is 872. The van der Waals surface area contributed by atoms with Crippen molar-refractivity contribution in [2.45, 2.75) is 25.8 Å². The van der Waals surface area contributed by atoms with E-state index >= 15 is 0 Å². The molecule has 6 heteroatoms. The number of hydrogen-bond donors (Lipinski definition) is 0. The number of benzene rings is 1. The first-order chi connectivity index (χ1) is 13.1.